The summed E-state index contributed by atoms with van der Waals surface area (Å²) in [5.74, 6) is 0.195. The SMILES string of the molecule is O=C(NCC[C@@H]1CC[C@H](NS(=O)(=O)Cc2ccccc2)[C@@H](CO)O1)C1CC1. The standard InChI is InChI=1S/C19H28N2O5S/c22-12-18-17(21-27(24,25)13-14-4-2-1-3-5-14)9-8-16(26-18)10-11-20-19(23)15-6-7-15/h1-5,15-18,21-22H,6-13H2,(H,20,23)/t16-,17-,18+/m0/s1. The van der Waals surface area contributed by atoms with Gasteiger partial charge in [-0.05, 0) is 37.7 Å². The first-order valence-corrected chi connectivity index (χ1v) is 11.2. The Labute approximate surface area is 160 Å². The van der Waals surface area contributed by atoms with E-state index in [1.54, 1.807) is 24.3 Å². The largest absolute Gasteiger partial charge is 0.394 e. The molecule has 0 spiro atoms. The summed E-state index contributed by atoms with van der Waals surface area (Å²) in [6, 6.07) is 8.54. The van der Waals surface area contributed by atoms with Crippen molar-refractivity contribution in [2.45, 2.75) is 56.1 Å². The maximum absolute atomic E-state index is 12.4. The number of aliphatic hydroxyl groups is 1. The number of benzene rings is 1. The molecular weight excluding hydrogens is 368 g/mol. The van der Waals surface area contributed by atoms with E-state index >= 15 is 0 Å². The van der Waals surface area contributed by atoms with Crippen LogP contribution < -0.4 is 10.0 Å². The Kier molecular flexibility index (Phi) is 6.86. The predicted molar refractivity (Wildman–Crippen MR) is 101 cm³/mol. The molecule has 0 bridgehead atoms. The molecule has 0 aromatic heterocycles. The molecule has 7 nitrogen and oxygen atoms in total. The van der Waals surface area contributed by atoms with Gasteiger partial charge in [0.15, 0.2) is 0 Å². The average molecular weight is 397 g/mol. The van der Waals surface area contributed by atoms with Gasteiger partial charge in [0.2, 0.25) is 15.9 Å². The quantitative estimate of drug-likeness (QED) is 0.576. The molecule has 1 aromatic carbocycles. The Morgan fingerprint density at radius 3 is 2.56 bits per heavy atom. The van der Waals surface area contributed by atoms with Crippen LogP contribution in [0.25, 0.3) is 0 Å². The minimum atomic E-state index is -3.52. The van der Waals surface area contributed by atoms with E-state index in [1.807, 2.05) is 6.07 Å². The van der Waals surface area contributed by atoms with Crippen molar-refractivity contribution in [2.75, 3.05) is 13.2 Å². The lowest BCUT2D eigenvalue weighted by atomic mass is 9.98. The highest BCUT2D eigenvalue weighted by atomic mass is 32.2. The fourth-order valence-corrected chi connectivity index (χ4v) is 4.84. The predicted octanol–water partition coefficient (Wildman–Crippen LogP) is 0.931. The third-order valence-corrected chi connectivity index (χ3v) is 6.41. The number of hydrogen-bond acceptors (Lipinski definition) is 5. The van der Waals surface area contributed by atoms with Crippen molar-refractivity contribution in [3.63, 3.8) is 0 Å². The molecule has 1 aliphatic carbocycles. The fourth-order valence-electron chi connectivity index (χ4n) is 3.39. The van der Waals surface area contributed by atoms with Gasteiger partial charge in [0, 0.05) is 12.5 Å². The summed E-state index contributed by atoms with van der Waals surface area (Å²) in [6.07, 6.45) is 3.24. The molecule has 8 heteroatoms. The first kappa shape index (κ1) is 20.3. The Balaban J connectivity index is 1.46. The highest BCUT2D eigenvalue weighted by molar-refractivity contribution is 7.88. The van der Waals surface area contributed by atoms with Crippen LogP contribution in [0.15, 0.2) is 30.3 Å². The van der Waals surface area contributed by atoms with Crippen molar-refractivity contribution in [3.8, 4) is 0 Å². The summed E-state index contributed by atoms with van der Waals surface area (Å²) < 4.78 is 33.4. The van der Waals surface area contributed by atoms with E-state index in [2.05, 4.69) is 10.0 Å². The molecule has 3 N–H and O–H groups in total. The van der Waals surface area contributed by atoms with Crippen molar-refractivity contribution >= 4 is 15.9 Å². The minimum absolute atomic E-state index is 0.0865. The highest BCUT2D eigenvalue weighted by Crippen LogP contribution is 2.29. The summed E-state index contributed by atoms with van der Waals surface area (Å²) in [4.78, 5) is 11.7. The Morgan fingerprint density at radius 1 is 1.15 bits per heavy atom. The molecule has 3 atom stereocenters. The van der Waals surface area contributed by atoms with Gasteiger partial charge in [0.05, 0.1) is 30.6 Å². The van der Waals surface area contributed by atoms with Gasteiger partial charge in [0.25, 0.3) is 0 Å². The molecule has 27 heavy (non-hydrogen) atoms. The van der Waals surface area contributed by atoms with E-state index in [-0.39, 0.29) is 30.3 Å². The van der Waals surface area contributed by atoms with Crippen LogP contribution in [0.3, 0.4) is 0 Å². The molecule has 0 unspecified atom stereocenters. The van der Waals surface area contributed by atoms with Gasteiger partial charge in [-0.25, -0.2) is 13.1 Å². The maximum atomic E-state index is 12.4. The molecule has 1 amide bonds. The third kappa shape index (κ3) is 6.27. The van der Waals surface area contributed by atoms with E-state index < -0.39 is 22.2 Å². The van der Waals surface area contributed by atoms with Crippen molar-refractivity contribution in [2.24, 2.45) is 5.92 Å². The zero-order valence-electron chi connectivity index (χ0n) is 15.3. The van der Waals surface area contributed by atoms with Gasteiger partial charge < -0.3 is 15.2 Å². The van der Waals surface area contributed by atoms with Crippen LogP contribution in [-0.4, -0.2) is 50.8 Å². The average Bonchev–Trinajstić information content (AvgIpc) is 3.48. The van der Waals surface area contributed by atoms with E-state index in [1.165, 1.54) is 0 Å². The number of carbonyl (C=O) groups excluding carboxylic acids is 1. The van der Waals surface area contributed by atoms with Crippen LogP contribution in [0, 0.1) is 5.92 Å². The molecule has 3 rings (SSSR count). The molecule has 2 aliphatic rings. The van der Waals surface area contributed by atoms with E-state index in [9.17, 15) is 18.3 Å². The number of nitrogens with one attached hydrogen (secondary N) is 2. The topological polar surface area (TPSA) is 105 Å². The number of sulfonamides is 1. The zero-order chi connectivity index (χ0) is 19.3. The molecule has 2 fully saturated rings. The second-order valence-corrected chi connectivity index (χ2v) is 9.13. The molecule has 1 saturated heterocycles. The van der Waals surface area contributed by atoms with Gasteiger partial charge in [0.1, 0.15) is 0 Å². The second-order valence-electron chi connectivity index (χ2n) is 7.38. The smallest absolute Gasteiger partial charge is 0.223 e. The molecule has 1 aliphatic heterocycles. The van der Waals surface area contributed by atoms with Crippen LogP contribution in [0.5, 0.6) is 0 Å². The van der Waals surface area contributed by atoms with E-state index in [0.717, 1.165) is 12.8 Å². The van der Waals surface area contributed by atoms with E-state index in [0.29, 0.717) is 31.4 Å². The summed E-state index contributed by atoms with van der Waals surface area (Å²) in [6.45, 7) is 0.298. The second kappa shape index (κ2) is 9.14. The third-order valence-electron chi connectivity index (χ3n) is 5.04. The molecule has 1 heterocycles. The molecule has 1 aromatic rings. The Bertz CT molecular complexity index is 721. The number of aliphatic hydroxyl groups excluding tert-OH is 1. The van der Waals surface area contributed by atoms with Crippen LogP contribution in [0.1, 0.15) is 37.7 Å². The normalized spacial score (nSPS) is 25.9. The number of ether oxygens (including phenoxy) is 1. The minimum Gasteiger partial charge on any atom is -0.394 e. The van der Waals surface area contributed by atoms with Crippen LogP contribution in [0.4, 0.5) is 0 Å². The van der Waals surface area contributed by atoms with Gasteiger partial charge in [-0.15, -0.1) is 0 Å². The van der Waals surface area contributed by atoms with Crippen molar-refractivity contribution in [3.05, 3.63) is 35.9 Å². The Hall–Kier alpha value is -1.48. The highest BCUT2D eigenvalue weighted by Gasteiger charge is 2.34. The lowest BCUT2D eigenvalue weighted by Crippen LogP contribution is -2.51. The fraction of sp³-hybridized carbons (Fsp3) is 0.632. The summed E-state index contributed by atoms with van der Waals surface area (Å²) in [7, 11) is -3.52. The molecular formula is C19H28N2O5S. The lowest BCUT2D eigenvalue weighted by molar-refractivity contribution is -0.122. The van der Waals surface area contributed by atoms with Gasteiger partial charge >= 0.3 is 0 Å². The maximum Gasteiger partial charge on any atom is 0.223 e. The van der Waals surface area contributed by atoms with Crippen LogP contribution in [0.2, 0.25) is 0 Å². The zero-order valence-corrected chi connectivity index (χ0v) is 16.2. The molecule has 150 valence electrons. The summed E-state index contributed by atoms with van der Waals surface area (Å²) >= 11 is 0. The molecule has 1 saturated carbocycles. The van der Waals surface area contributed by atoms with Gasteiger partial charge in [-0.1, -0.05) is 30.3 Å². The Morgan fingerprint density at radius 2 is 1.89 bits per heavy atom. The summed E-state index contributed by atoms with van der Waals surface area (Å²) in [5, 5.41) is 12.5. The number of amides is 1. The first-order valence-electron chi connectivity index (χ1n) is 9.55. The van der Waals surface area contributed by atoms with Crippen LogP contribution >= 0.6 is 0 Å². The molecule has 0 radical (unpaired) electrons. The van der Waals surface area contributed by atoms with Gasteiger partial charge in [-0.3, -0.25) is 4.79 Å². The van der Waals surface area contributed by atoms with Crippen molar-refractivity contribution in [1.82, 2.24) is 10.0 Å². The van der Waals surface area contributed by atoms with Crippen molar-refractivity contribution < 1.29 is 23.1 Å². The van der Waals surface area contributed by atoms with Gasteiger partial charge in [-0.2, -0.15) is 0 Å². The lowest BCUT2D eigenvalue weighted by Gasteiger charge is -2.36. The first-order chi connectivity index (χ1) is 13.0. The van der Waals surface area contributed by atoms with Crippen LogP contribution in [-0.2, 0) is 25.3 Å². The monoisotopic (exact) mass is 396 g/mol. The van der Waals surface area contributed by atoms with E-state index in [4.69, 9.17) is 4.74 Å². The number of rotatable bonds is 9. The number of carbonyl (C=O) groups is 1. The number of hydrogen-bond donors (Lipinski definition) is 3. The van der Waals surface area contributed by atoms with Crippen molar-refractivity contribution in [1.29, 1.82) is 0 Å². The summed E-state index contributed by atoms with van der Waals surface area (Å²) in [5.41, 5.74) is 0.714.